The number of benzene rings is 2. The summed E-state index contributed by atoms with van der Waals surface area (Å²) >= 11 is 0. The van der Waals surface area contributed by atoms with Gasteiger partial charge >= 0.3 is 5.97 Å². The number of carbonyl (C=O) groups excluding carboxylic acids is 1. The number of hydrogen-bond acceptors (Lipinski definition) is 7. The molecule has 0 amide bonds. The summed E-state index contributed by atoms with van der Waals surface area (Å²) in [5, 5.41) is 9.99. The van der Waals surface area contributed by atoms with Crippen molar-refractivity contribution in [2.75, 3.05) is 21.2 Å². The zero-order valence-corrected chi connectivity index (χ0v) is 17.9. The fourth-order valence-corrected chi connectivity index (χ4v) is 3.93. The molecule has 0 radical (unpaired) electrons. The third kappa shape index (κ3) is 3.96. The number of ether oxygens (including phenoxy) is 2. The number of aromatic nitrogens is 2. The van der Waals surface area contributed by atoms with Gasteiger partial charge in [-0.05, 0) is 37.3 Å². The van der Waals surface area contributed by atoms with E-state index in [1.54, 1.807) is 12.1 Å². The van der Waals surface area contributed by atoms with E-state index < -0.39 is 16.0 Å². The molecule has 3 rings (SSSR count). The molecule has 0 aliphatic heterocycles. The van der Waals surface area contributed by atoms with Gasteiger partial charge in [-0.3, -0.25) is 0 Å². The Kier molecular flexibility index (Phi) is 5.99. The maximum atomic E-state index is 12.4. The molecule has 0 aliphatic carbocycles. The van der Waals surface area contributed by atoms with Crippen molar-refractivity contribution in [2.24, 2.45) is 0 Å². The second-order valence-electron chi connectivity index (χ2n) is 6.67. The average molecular weight is 433 g/mol. The molecule has 0 spiro atoms. The number of phenolic OH excluding ortho intramolecular Hbond substituents is 1. The van der Waals surface area contributed by atoms with Crippen molar-refractivity contribution in [3.05, 3.63) is 47.8 Å². The van der Waals surface area contributed by atoms with E-state index in [2.05, 4.69) is 4.98 Å². The molecule has 1 heterocycles. The first-order valence-electron chi connectivity index (χ1n) is 9.14. The molecule has 1 N–H and O–H groups in total. The summed E-state index contributed by atoms with van der Waals surface area (Å²) in [4.78, 5) is 17.0. The third-order valence-electron chi connectivity index (χ3n) is 4.65. The van der Waals surface area contributed by atoms with Crippen LogP contribution in [0.1, 0.15) is 23.1 Å². The largest absolute Gasteiger partial charge is 0.507 e. The Bertz CT molecular complexity index is 1200. The van der Waals surface area contributed by atoms with E-state index in [4.69, 9.17) is 9.47 Å². The van der Waals surface area contributed by atoms with Crippen LogP contribution < -0.4 is 4.74 Å². The van der Waals surface area contributed by atoms with Crippen LogP contribution in [0.3, 0.4) is 0 Å². The number of aromatic hydroxyl groups is 1. The number of methoxy groups -OCH3 is 1. The van der Waals surface area contributed by atoms with Gasteiger partial charge in [0.1, 0.15) is 29.5 Å². The van der Waals surface area contributed by atoms with Gasteiger partial charge in [0.15, 0.2) is 0 Å². The van der Waals surface area contributed by atoms with E-state index in [-0.39, 0.29) is 22.8 Å². The van der Waals surface area contributed by atoms with Crippen LogP contribution in [0.5, 0.6) is 11.5 Å². The Morgan fingerprint density at radius 3 is 2.53 bits per heavy atom. The second-order valence-corrected chi connectivity index (χ2v) is 8.82. The van der Waals surface area contributed by atoms with Crippen molar-refractivity contribution in [1.29, 1.82) is 0 Å². The first-order valence-corrected chi connectivity index (χ1v) is 10.6. The number of nitrogens with zero attached hydrogens (tertiary/aromatic N) is 3. The monoisotopic (exact) mass is 433 g/mol. The van der Waals surface area contributed by atoms with Crippen molar-refractivity contribution in [1.82, 2.24) is 13.9 Å². The molecule has 0 saturated heterocycles. The lowest BCUT2D eigenvalue weighted by Gasteiger charge is -2.11. The van der Waals surface area contributed by atoms with E-state index in [1.807, 2.05) is 11.5 Å². The zero-order chi connectivity index (χ0) is 22.1. The van der Waals surface area contributed by atoms with Crippen molar-refractivity contribution < 1.29 is 27.8 Å². The number of imidazole rings is 1. The standard InChI is InChI=1S/C20H23N3O6S/c1-5-23-17-9-7-14(30(26,27)22(2)3)11-16(17)21-19(23)12-29-20(25)15-8-6-13(28-4)10-18(15)24/h6-11,24H,5,12H2,1-4H3. The summed E-state index contributed by atoms with van der Waals surface area (Å²) in [5.41, 5.74) is 1.22. The van der Waals surface area contributed by atoms with Crippen LogP contribution in [0.2, 0.25) is 0 Å². The van der Waals surface area contributed by atoms with Crippen LogP contribution in [0.4, 0.5) is 0 Å². The van der Waals surface area contributed by atoms with Crippen LogP contribution in [0.15, 0.2) is 41.3 Å². The Balaban J connectivity index is 1.88. The van der Waals surface area contributed by atoms with E-state index in [0.717, 1.165) is 9.82 Å². The molecule has 0 aliphatic rings. The molecule has 0 atom stereocenters. The molecule has 0 saturated carbocycles. The van der Waals surface area contributed by atoms with Crippen molar-refractivity contribution >= 4 is 27.0 Å². The molecule has 0 unspecified atom stereocenters. The number of hydrogen-bond donors (Lipinski definition) is 1. The molecule has 2 aromatic carbocycles. The number of esters is 1. The lowest BCUT2D eigenvalue weighted by Crippen LogP contribution is -2.22. The van der Waals surface area contributed by atoms with Crippen LogP contribution in [0, 0.1) is 0 Å². The molecule has 3 aromatic rings. The predicted molar refractivity (Wildman–Crippen MR) is 110 cm³/mol. The van der Waals surface area contributed by atoms with Gasteiger partial charge in [-0.2, -0.15) is 0 Å². The number of sulfonamides is 1. The zero-order valence-electron chi connectivity index (χ0n) is 17.1. The Morgan fingerprint density at radius 2 is 1.93 bits per heavy atom. The second kappa shape index (κ2) is 8.33. The summed E-state index contributed by atoms with van der Waals surface area (Å²) in [5.74, 6) is -0.0730. The van der Waals surface area contributed by atoms with Gasteiger partial charge in [0.05, 0.1) is 23.0 Å². The summed E-state index contributed by atoms with van der Waals surface area (Å²) in [6.45, 7) is 2.33. The highest BCUT2D eigenvalue weighted by molar-refractivity contribution is 7.89. The molecule has 1 aromatic heterocycles. The SMILES string of the molecule is CCn1c(COC(=O)c2ccc(OC)cc2O)nc2cc(S(=O)(=O)N(C)C)ccc21. The fraction of sp³-hybridized carbons (Fsp3) is 0.300. The maximum absolute atomic E-state index is 12.4. The molecule has 30 heavy (non-hydrogen) atoms. The van der Waals surface area contributed by atoms with E-state index in [0.29, 0.717) is 23.6 Å². The van der Waals surface area contributed by atoms with Gasteiger partial charge in [0.2, 0.25) is 10.0 Å². The van der Waals surface area contributed by atoms with Crippen molar-refractivity contribution in [3.8, 4) is 11.5 Å². The molecule has 10 heteroatoms. The highest BCUT2D eigenvalue weighted by atomic mass is 32.2. The number of carbonyl (C=O) groups is 1. The molecular weight excluding hydrogens is 410 g/mol. The van der Waals surface area contributed by atoms with Gasteiger partial charge in [0.25, 0.3) is 0 Å². The van der Waals surface area contributed by atoms with Gasteiger partial charge in [-0.15, -0.1) is 0 Å². The van der Waals surface area contributed by atoms with E-state index >= 15 is 0 Å². The molecule has 0 bridgehead atoms. The Morgan fingerprint density at radius 1 is 1.20 bits per heavy atom. The van der Waals surface area contributed by atoms with Crippen LogP contribution >= 0.6 is 0 Å². The number of fused-ring (bicyclic) bond motifs is 1. The summed E-state index contributed by atoms with van der Waals surface area (Å²) < 4.78 is 38.0. The van der Waals surface area contributed by atoms with Crippen LogP contribution in [-0.2, 0) is 27.9 Å². The summed E-state index contributed by atoms with van der Waals surface area (Å²) in [6, 6.07) is 8.99. The van der Waals surface area contributed by atoms with E-state index in [1.165, 1.54) is 45.5 Å². The first-order chi connectivity index (χ1) is 14.2. The first kappa shape index (κ1) is 21.6. The van der Waals surface area contributed by atoms with E-state index in [9.17, 15) is 18.3 Å². The smallest absolute Gasteiger partial charge is 0.342 e. The Hall–Kier alpha value is -3.11. The minimum atomic E-state index is -3.59. The minimum Gasteiger partial charge on any atom is -0.507 e. The summed E-state index contributed by atoms with van der Waals surface area (Å²) in [6.07, 6.45) is 0. The fourth-order valence-electron chi connectivity index (χ4n) is 3.01. The van der Waals surface area contributed by atoms with Gasteiger partial charge in [0, 0.05) is 26.7 Å². The highest BCUT2D eigenvalue weighted by Crippen LogP contribution is 2.25. The topological polar surface area (TPSA) is 111 Å². The van der Waals surface area contributed by atoms with Crippen molar-refractivity contribution in [3.63, 3.8) is 0 Å². The lowest BCUT2D eigenvalue weighted by atomic mass is 10.2. The van der Waals surface area contributed by atoms with Crippen LogP contribution in [-0.4, -0.2) is 54.6 Å². The molecule has 160 valence electrons. The van der Waals surface area contributed by atoms with Gasteiger partial charge in [-0.25, -0.2) is 22.5 Å². The van der Waals surface area contributed by atoms with Crippen LogP contribution in [0.25, 0.3) is 11.0 Å². The minimum absolute atomic E-state index is 0.00863. The maximum Gasteiger partial charge on any atom is 0.342 e. The Labute approximate surface area is 174 Å². The third-order valence-corrected chi connectivity index (χ3v) is 6.46. The van der Waals surface area contributed by atoms with Crippen molar-refractivity contribution in [2.45, 2.75) is 25.0 Å². The van der Waals surface area contributed by atoms with Gasteiger partial charge in [-0.1, -0.05) is 0 Å². The molecule has 9 nitrogen and oxygen atoms in total. The quantitative estimate of drug-likeness (QED) is 0.570. The average Bonchev–Trinajstić information content (AvgIpc) is 3.08. The molecular formula is C20H23N3O6S. The molecule has 0 fully saturated rings. The predicted octanol–water partition coefficient (Wildman–Crippen LogP) is 2.38. The number of phenols is 1. The summed E-state index contributed by atoms with van der Waals surface area (Å²) in [7, 11) is 0.789. The number of rotatable bonds is 7. The number of aryl methyl sites for hydroxylation is 1. The lowest BCUT2D eigenvalue weighted by molar-refractivity contribution is 0.0455. The van der Waals surface area contributed by atoms with Gasteiger partial charge < -0.3 is 19.1 Å². The normalized spacial score (nSPS) is 11.8. The highest BCUT2D eigenvalue weighted by Gasteiger charge is 2.20.